The van der Waals surface area contributed by atoms with Crippen LogP contribution in [0.1, 0.15) is 25.7 Å². The predicted molar refractivity (Wildman–Crippen MR) is 70.4 cm³/mol. The molecular formula is C13H21N5O. The Morgan fingerprint density at radius 3 is 2.89 bits per heavy atom. The molecule has 3 heterocycles. The first kappa shape index (κ1) is 12.6. The maximum atomic E-state index is 12.2. The second kappa shape index (κ2) is 5.28. The molecule has 1 spiro atoms. The second-order valence-electron chi connectivity index (χ2n) is 5.73. The Kier molecular flexibility index (Phi) is 3.50. The monoisotopic (exact) mass is 263 g/mol. The highest BCUT2D eigenvalue weighted by Crippen LogP contribution is 2.38. The van der Waals surface area contributed by atoms with E-state index in [0.29, 0.717) is 18.4 Å². The first-order valence-corrected chi connectivity index (χ1v) is 7.10. The summed E-state index contributed by atoms with van der Waals surface area (Å²) in [6.07, 6.45) is 7.55. The third kappa shape index (κ3) is 2.78. The van der Waals surface area contributed by atoms with Crippen LogP contribution in [0.2, 0.25) is 0 Å². The van der Waals surface area contributed by atoms with Gasteiger partial charge in [-0.05, 0) is 37.8 Å². The lowest BCUT2D eigenvalue weighted by Crippen LogP contribution is -2.39. The maximum Gasteiger partial charge on any atom is 0.224 e. The Hall–Kier alpha value is -1.43. The molecule has 1 aromatic rings. The summed E-state index contributed by atoms with van der Waals surface area (Å²) in [5.41, 5.74) is 0.397. The highest BCUT2D eigenvalue weighted by molar-refractivity contribution is 5.76. The van der Waals surface area contributed by atoms with Crippen LogP contribution in [-0.2, 0) is 11.3 Å². The Morgan fingerprint density at radius 1 is 1.32 bits per heavy atom. The highest BCUT2D eigenvalue weighted by Gasteiger charge is 2.40. The van der Waals surface area contributed by atoms with E-state index in [4.69, 9.17) is 0 Å². The maximum absolute atomic E-state index is 12.2. The Balaban J connectivity index is 1.51. The van der Waals surface area contributed by atoms with Crippen LogP contribution >= 0.6 is 0 Å². The normalized spacial score (nSPS) is 22.0. The molecule has 3 rings (SSSR count). The van der Waals surface area contributed by atoms with Gasteiger partial charge in [-0.25, -0.2) is 0 Å². The first-order valence-electron chi connectivity index (χ1n) is 7.10. The lowest BCUT2D eigenvalue weighted by molar-refractivity contribution is -0.130. The number of carbonyl (C=O) groups excluding carboxylic acids is 1. The van der Waals surface area contributed by atoms with Gasteiger partial charge < -0.3 is 10.2 Å². The zero-order valence-electron chi connectivity index (χ0n) is 11.2. The number of nitrogens with zero attached hydrogens (tertiary/aromatic N) is 4. The lowest BCUT2D eigenvalue weighted by Gasteiger charge is -2.33. The van der Waals surface area contributed by atoms with Gasteiger partial charge in [-0.3, -0.25) is 9.48 Å². The standard InChI is InChI=1S/C13H21N5O/c19-12(1-8-18-10-7-15-16-18)17-9-4-13(11-17)2-5-14-6-3-13/h7,10,14H,1-6,8-9,11H2. The van der Waals surface area contributed by atoms with Crippen LogP contribution in [0.4, 0.5) is 0 Å². The number of hydrogen-bond donors (Lipinski definition) is 1. The van der Waals surface area contributed by atoms with E-state index in [9.17, 15) is 4.79 Å². The number of aromatic nitrogens is 3. The van der Waals surface area contributed by atoms with Gasteiger partial charge in [0.15, 0.2) is 0 Å². The summed E-state index contributed by atoms with van der Waals surface area (Å²) in [7, 11) is 0. The molecule has 2 aliphatic heterocycles. The summed E-state index contributed by atoms with van der Waals surface area (Å²) in [6, 6.07) is 0. The average molecular weight is 263 g/mol. The molecule has 0 saturated carbocycles. The van der Waals surface area contributed by atoms with Crippen LogP contribution in [0.15, 0.2) is 12.4 Å². The van der Waals surface area contributed by atoms with Crippen molar-refractivity contribution in [1.82, 2.24) is 25.2 Å². The van der Waals surface area contributed by atoms with E-state index in [1.807, 2.05) is 4.90 Å². The molecule has 0 atom stereocenters. The van der Waals surface area contributed by atoms with Gasteiger partial charge >= 0.3 is 0 Å². The third-order valence-electron chi connectivity index (χ3n) is 4.48. The largest absolute Gasteiger partial charge is 0.342 e. The highest BCUT2D eigenvalue weighted by atomic mass is 16.2. The molecule has 2 aliphatic rings. The molecule has 6 heteroatoms. The van der Waals surface area contributed by atoms with Crippen LogP contribution in [0, 0.1) is 5.41 Å². The predicted octanol–water partition coefficient (Wildman–Crippen LogP) is 0.270. The second-order valence-corrected chi connectivity index (χ2v) is 5.73. The van der Waals surface area contributed by atoms with E-state index in [1.165, 1.54) is 19.3 Å². The number of rotatable bonds is 3. The number of aryl methyl sites for hydroxylation is 1. The fourth-order valence-corrected chi connectivity index (χ4v) is 3.23. The van der Waals surface area contributed by atoms with Gasteiger partial charge in [0.25, 0.3) is 0 Å². The molecule has 1 amide bonds. The van der Waals surface area contributed by atoms with Gasteiger partial charge in [-0.1, -0.05) is 5.21 Å². The number of nitrogens with one attached hydrogen (secondary N) is 1. The SMILES string of the molecule is O=C(CCn1ccnn1)N1CCC2(CCNCC2)C1. The fourth-order valence-electron chi connectivity index (χ4n) is 3.23. The van der Waals surface area contributed by atoms with Crippen molar-refractivity contribution in [2.45, 2.75) is 32.2 Å². The van der Waals surface area contributed by atoms with Crippen LogP contribution in [0.3, 0.4) is 0 Å². The number of carbonyl (C=O) groups is 1. The number of likely N-dealkylation sites (tertiary alicyclic amines) is 1. The van der Waals surface area contributed by atoms with Crippen molar-refractivity contribution in [2.75, 3.05) is 26.2 Å². The molecule has 0 bridgehead atoms. The molecule has 19 heavy (non-hydrogen) atoms. The topological polar surface area (TPSA) is 63.1 Å². The quantitative estimate of drug-likeness (QED) is 0.850. The third-order valence-corrected chi connectivity index (χ3v) is 4.48. The van der Waals surface area contributed by atoms with Gasteiger partial charge in [0.2, 0.25) is 5.91 Å². The molecule has 0 radical (unpaired) electrons. The van der Waals surface area contributed by atoms with Crippen molar-refractivity contribution in [1.29, 1.82) is 0 Å². The van der Waals surface area contributed by atoms with Gasteiger partial charge in [-0.2, -0.15) is 0 Å². The van der Waals surface area contributed by atoms with Crippen LogP contribution in [-0.4, -0.2) is 52.0 Å². The van der Waals surface area contributed by atoms with Crippen molar-refractivity contribution >= 4 is 5.91 Å². The molecule has 1 aromatic heterocycles. The van der Waals surface area contributed by atoms with Crippen LogP contribution < -0.4 is 5.32 Å². The Labute approximate surface area is 113 Å². The van der Waals surface area contributed by atoms with E-state index in [2.05, 4.69) is 15.6 Å². The van der Waals surface area contributed by atoms with E-state index in [0.717, 1.165) is 26.2 Å². The molecular weight excluding hydrogens is 242 g/mol. The minimum atomic E-state index is 0.255. The Morgan fingerprint density at radius 2 is 2.16 bits per heavy atom. The molecule has 2 saturated heterocycles. The van der Waals surface area contributed by atoms with Crippen molar-refractivity contribution in [3.8, 4) is 0 Å². The molecule has 2 fully saturated rings. The van der Waals surface area contributed by atoms with Gasteiger partial charge in [0.1, 0.15) is 0 Å². The summed E-state index contributed by atoms with van der Waals surface area (Å²) >= 11 is 0. The summed E-state index contributed by atoms with van der Waals surface area (Å²) in [5, 5.41) is 11.0. The molecule has 0 aromatic carbocycles. The van der Waals surface area contributed by atoms with E-state index in [1.54, 1.807) is 17.1 Å². The average Bonchev–Trinajstić information content (AvgIpc) is 3.07. The lowest BCUT2D eigenvalue weighted by atomic mass is 9.78. The van der Waals surface area contributed by atoms with Gasteiger partial charge in [-0.15, -0.1) is 5.10 Å². The van der Waals surface area contributed by atoms with Gasteiger partial charge in [0.05, 0.1) is 12.7 Å². The smallest absolute Gasteiger partial charge is 0.224 e. The minimum Gasteiger partial charge on any atom is -0.342 e. The fraction of sp³-hybridized carbons (Fsp3) is 0.769. The molecule has 0 aliphatic carbocycles. The van der Waals surface area contributed by atoms with Crippen molar-refractivity contribution in [3.05, 3.63) is 12.4 Å². The molecule has 104 valence electrons. The zero-order chi connectivity index (χ0) is 13.1. The van der Waals surface area contributed by atoms with Crippen LogP contribution in [0.5, 0.6) is 0 Å². The Bertz CT molecular complexity index is 424. The summed E-state index contributed by atoms with van der Waals surface area (Å²) < 4.78 is 1.72. The molecule has 6 nitrogen and oxygen atoms in total. The summed E-state index contributed by atoms with van der Waals surface area (Å²) in [5.74, 6) is 0.255. The number of amides is 1. The van der Waals surface area contributed by atoms with Crippen molar-refractivity contribution in [3.63, 3.8) is 0 Å². The minimum absolute atomic E-state index is 0.255. The summed E-state index contributed by atoms with van der Waals surface area (Å²) in [4.78, 5) is 14.3. The first-order chi connectivity index (χ1) is 9.27. The number of hydrogen-bond acceptors (Lipinski definition) is 4. The number of piperidine rings is 1. The van der Waals surface area contributed by atoms with E-state index < -0.39 is 0 Å². The van der Waals surface area contributed by atoms with Gasteiger partial charge in [0, 0.05) is 25.7 Å². The van der Waals surface area contributed by atoms with Crippen LogP contribution in [0.25, 0.3) is 0 Å². The van der Waals surface area contributed by atoms with E-state index >= 15 is 0 Å². The summed E-state index contributed by atoms with van der Waals surface area (Å²) in [6.45, 7) is 4.70. The molecule has 1 N–H and O–H groups in total. The van der Waals surface area contributed by atoms with E-state index in [-0.39, 0.29) is 5.91 Å². The zero-order valence-corrected chi connectivity index (χ0v) is 11.2. The molecule has 0 unspecified atom stereocenters. The van der Waals surface area contributed by atoms with Crippen molar-refractivity contribution < 1.29 is 4.79 Å². The van der Waals surface area contributed by atoms with Crippen molar-refractivity contribution in [2.24, 2.45) is 5.41 Å².